The first-order valence-corrected chi connectivity index (χ1v) is 22.2. The lowest BCUT2D eigenvalue weighted by molar-refractivity contribution is -0.136. The van der Waals surface area contributed by atoms with Crippen LogP contribution in [0.25, 0.3) is 33.6 Å². The number of methoxy groups -OCH3 is 2. The highest BCUT2D eigenvalue weighted by Gasteiger charge is 2.41. The van der Waals surface area contributed by atoms with E-state index in [0.29, 0.717) is 49.0 Å². The van der Waals surface area contributed by atoms with Gasteiger partial charge in [0.05, 0.1) is 50.1 Å². The zero-order chi connectivity index (χ0) is 46.6. The summed E-state index contributed by atoms with van der Waals surface area (Å²) in [6, 6.07) is 13.2. The first kappa shape index (κ1) is 47.2. The van der Waals surface area contributed by atoms with Gasteiger partial charge in [-0.3, -0.25) is 28.3 Å². The molecule has 2 saturated heterocycles. The number of likely N-dealkylation sites (tertiary alicyclic amines) is 2. The molecule has 0 saturated carbocycles. The van der Waals surface area contributed by atoms with Crippen LogP contribution in [0.15, 0.2) is 60.9 Å². The summed E-state index contributed by atoms with van der Waals surface area (Å²) in [5.74, 6) is -0.912. The molecule has 2 aromatic carbocycles. The van der Waals surface area contributed by atoms with E-state index in [0.717, 1.165) is 35.1 Å². The number of rotatable bonds is 13. The maximum Gasteiger partial charge on any atom is 0.407 e. The van der Waals surface area contributed by atoms with Crippen molar-refractivity contribution >= 4 is 35.8 Å². The van der Waals surface area contributed by atoms with Crippen LogP contribution in [-0.2, 0) is 19.1 Å². The van der Waals surface area contributed by atoms with Gasteiger partial charge in [-0.1, -0.05) is 104 Å². The van der Waals surface area contributed by atoms with Crippen molar-refractivity contribution in [1.82, 2.24) is 39.5 Å². The molecule has 2 aliphatic heterocycles. The molecule has 4 heterocycles. The molecule has 2 fully saturated rings. The minimum absolute atomic E-state index is 0.143. The van der Waals surface area contributed by atoms with Crippen molar-refractivity contribution in [3.63, 3.8) is 0 Å². The van der Waals surface area contributed by atoms with Crippen LogP contribution >= 0.6 is 0 Å². The normalized spacial score (nSPS) is 17.3. The smallest absolute Gasteiger partial charge is 0.407 e. The Bertz CT molecular complexity index is 2180. The Balaban J connectivity index is 1.27. The molecule has 4 atom stereocenters. The number of nitrogens with one attached hydrogen (secondary N) is 2. The zero-order valence-electron chi connectivity index (χ0n) is 38.6. The van der Waals surface area contributed by atoms with Crippen LogP contribution in [0, 0.1) is 23.7 Å². The molecule has 342 valence electrons. The van der Waals surface area contributed by atoms with E-state index in [4.69, 9.17) is 19.4 Å². The maximum absolute atomic E-state index is 13.9. The molecule has 4 aromatic rings. The summed E-state index contributed by atoms with van der Waals surface area (Å²) in [7, 11) is 2.52. The van der Waals surface area contributed by atoms with E-state index in [1.165, 1.54) is 14.2 Å². The minimum Gasteiger partial charge on any atom is -0.453 e. The number of carbonyl (C=O) groups is 6. The van der Waals surface area contributed by atoms with Gasteiger partial charge in [0.2, 0.25) is 23.6 Å². The van der Waals surface area contributed by atoms with Crippen LogP contribution in [0.5, 0.6) is 0 Å². The van der Waals surface area contributed by atoms with Crippen LogP contribution < -0.4 is 10.6 Å². The van der Waals surface area contributed by atoms with E-state index in [1.807, 2.05) is 104 Å². The molecule has 0 bridgehead atoms. The van der Waals surface area contributed by atoms with Gasteiger partial charge in [-0.2, -0.15) is 0 Å². The molecule has 0 aliphatic carbocycles. The lowest BCUT2D eigenvalue weighted by atomic mass is 10.0. The monoisotopic (exact) mass is 878 g/mol. The third-order valence-electron chi connectivity index (χ3n) is 12.2. The number of alkyl carbamates (subject to hydrolysis) is 2. The highest BCUT2D eigenvalue weighted by molar-refractivity contribution is 5.90. The Morgan fingerprint density at radius 2 is 0.859 bits per heavy atom. The number of hydrogen-bond donors (Lipinski definition) is 2. The highest BCUT2D eigenvalue weighted by Crippen LogP contribution is 2.38. The molecule has 0 radical (unpaired) electrons. The molecule has 2 aliphatic rings. The molecule has 16 heteroatoms. The molecule has 2 N–H and O–H groups in total. The van der Waals surface area contributed by atoms with Gasteiger partial charge in [-0.15, -0.1) is 0 Å². The van der Waals surface area contributed by atoms with Crippen molar-refractivity contribution in [2.45, 2.75) is 105 Å². The second kappa shape index (κ2) is 20.0. The fraction of sp³-hybridized carbons (Fsp3) is 0.500. The van der Waals surface area contributed by atoms with Gasteiger partial charge in [0.1, 0.15) is 23.7 Å². The first-order valence-electron chi connectivity index (χ1n) is 22.2. The van der Waals surface area contributed by atoms with Crippen LogP contribution in [0.4, 0.5) is 9.59 Å². The van der Waals surface area contributed by atoms with Crippen molar-refractivity contribution in [2.75, 3.05) is 27.3 Å². The summed E-state index contributed by atoms with van der Waals surface area (Å²) in [5, 5.41) is 5.36. The third-order valence-corrected chi connectivity index (χ3v) is 12.2. The summed E-state index contributed by atoms with van der Waals surface area (Å²) in [6.07, 6.45) is 4.68. The first-order chi connectivity index (χ1) is 30.5. The summed E-state index contributed by atoms with van der Waals surface area (Å²) in [5.41, 5.74) is 4.64. The fourth-order valence-corrected chi connectivity index (χ4v) is 8.61. The Morgan fingerprint density at radius 1 is 0.531 bits per heavy atom. The number of ether oxygens (including phenoxy) is 2. The molecule has 4 amide bonds. The molecule has 6 rings (SSSR count). The number of carbonyl (C=O) groups excluding carboxylic acids is 6. The SMILES string of the molecule is COC(=O)N[C@H](C(=O)N1CCC[C@@H]1c1ncc(-c2ccc(-c3ccc(-c4cnc([C@H]5CCCN5C(=O)[C@@H](NC(=O)OC)C(C)C)n4C(=O)C(C)C)cc3)cc2)n1C(=O)C(C)C)C(C)C. The summed E-state index contributed by atoms with van der Waals surface area (Å²) < 4.78 is 12.9. The number of benzene rings is 2. The Morgan fingerprint density at radius 3 is 1.16 bits per heavy atom. The summed E-state index contributed by atoms with van der Waals surface area (Å²) >= 11 is 0. The van der Waals surface area contributed by atoms with E-state index >= 15 is 0 Å². The van der Waals surface area contributed by atoms with Crippen LogP contribution in [0.1, 0.15) is 114 Å². The molecular formula is C48H62N8O8. The summed E-state index contributed by atoms with van der Waals surface area (Å²) in [4.78, 5) is 92.9. The number of nitrogens with zero attached hydrogens (tertiary/aromatic N) is 6. The molecular weight excluding hydrogens is 817 g/mol. The molecule has 0 unspecified atom stereocenters. The van der Waals surface area contributed by atoms with Crippen LogP contribution in [-0.4, -0.2) is 104 Å². The second-order valence-corrected chi connectivity index (χ2v) is 17.9. The summed E-state index contributed by atoms with van der Waals surface area (Å²) in [6.45, 7) is 15.7. The number of imidazole rings is 2. The topological polar surface area (TPSA) is 187 Å². The average Bonchev–Trinajstić information content (AvgIpc) is 4.12. The van der Waals surface area contributed by atoms with Gasteiger partial charge >= 0.3 is 12.2 Å². The predicted molar refractivity (Wildman–Crippen MR) is 241 cm³/mol. The van der Waals surface area contributed by atoms with E-state index in [-0.39, 0.29) is 47.3 Å². The van der Waals surface area contributed by atoms with Gasteiger partial charge < -0.3 is 29.9 Å². The van der Waals surface area contributed by atoms with E-state index in [9.17, 15) is 28.8 Å². The van der Waals surface area contributed by atoms with Gasteiger partial charge in [0, 0.05) is 36.1 Å². The standard InChI is InChI=1S/C48H62N8O8/c1-27(2)39(51-47(61)63-9)45(59)53-23-11-13-35(53)41-49-25-37(55(41)43(57)29(5)6)33-19-15-31(16-20-33)32-17-21-34(22-18-32)38-26-50-42(56(38)44(58)30(7)8)36-14-12-24-54(36)46(60)40(28(3)4)52-48(62)64-10/h15-22,25-30,35-36,39-40H,11-14,23-24H2,1-10H3,(H,51,61)(H,52,62)/t35-,36-,39+,40+/m1/s1. The Hall–Kier alpha value is -6.32. The lowest BCUT2D eigenvalue weighted by Gasteiger charge is -2.31. The van der Waals surface area contributed by atoms with Crippen LogP contribution in [0.3, 0.4) is 0 Å². The third kappa shape index (κ3) is 9.60. The highest BCUT2D eigenvalue weighted by atomic mass is 16.5. The molecule has 16 nitrogen and oxygen atoms in total. The van der Waals surface area contributed by atoms with Crippen molar-refractivity contribution in [1.29, 1.82) is 0 Å². The van der Waals surface area contributed by atoms with E-state index in [2.05, 4.69) is 10.6 Å². The van der Waals surface area contributed by atoms with Gasteiger partial charge in [0.25, 0.3) is 0 Å². The van der Waals surface area contributed by atoms with Crippen LogP contribution in [0.2, 0.25) is 0 Å². The molecule has 64 heavy (non-hydrogen) atoms. The van der Waals surface area contributed by atoms with Crippen molar-refractivity contribution in [3.05, 3.63) is 72.6 Å². The molecule has 2 aromatic heterocycles. The van der Waals surface area contributed by atoms with Crippen molar-refractivity contribution in [2.24, 2.45) is 23.7 Å². The Kier molecular flexibility index (Phi) is 14.8. The maximum atomic E-state index is 13.9. The van der Waals surface area contributed by atoms with E-state index < -0.39 is 36.4 Å². The lowest BCUT2D eigenvalue weighted by Crippen LogP contribution is -2.51. The number of amides is 4. The van der Waals surface area contributed by atoms with Gasteiger partial charge in [0.15, 0.2) is 0 Å². The molecule has 0 spiro atoms. The van der Waals surface area contributed by atoms with E-state index in [1.54, 1.807) is 31.3 Å². The predicted octanol–water partition coefficient (Wildman–Crippen LogP) is 7.76. The van der Waals surface area contributed by atoms with Gasteiger partial charge in [-0.25, -0.2) is 19.6 Å². The quantitative estimate of drug-likeness (QED) is 0.134. The average molecular weight is 879 g/mol. The van der Waals surface area contributed by atoms with Crippen molar-refractivity contribution < 1.29 is 38.2 Å². The fourth-order valence-electron chi connectivity index (χ4n) is 8.61. The number of aromatic nitrogens is 4. The van der Waals surface area contributed by atoms with Crippen molar-refractivity contribution in [3.8, 4) is 33.6 Å². The Labute approximate surface area is 375 Å². The number of hydrogen-bond acceptors (Lipinski definition) is 10. The zero-order valence-corrected chi connectivity index (χ0v) is 38.6. The van der Waals surface area contributed by atoms with Gasteiger partial charge in [-0.05, 0) is 48.6 Å². The second-order valence-electron chi connectivity index (χ2n) is 17.9. The minimum atomic E-state index is -0.803. The largest absolute Gasteiger partial charge is 0.453 e.